The number of alkyl halides is 3. The van der Waals surface area contributed by atoms with Gasteiger partial charge in [-0.15, -0.1) is 0 Å². The second kappa shape index (κ2) is 9.32. The molecule has 0 N–H and O–H groups in total. The monoisotopic (exact) mass is 488 g/mol. The smallest absolute Gasteiger partial charge is 0.416 e. The standard InChI is InChI=1S/C23H19F3N4O3S/c24-23(25,26)18-7-4-8-19(15-18)34(31,32)30-13-11-29(12-14-30)22-20(16-27)28-21(33-22)10-9-17-5-2-1-3-6-17/h1-10,15H,11-14H2/b10-9+. The van der Waals surface area contributed by atoms with E-state index >= 15 is 0 Å². The van der Waals surface area contributed by atoms with E-state index in [1.165, 1.54) is 0 Å². The van der Waals surface area contributed by atoms with Gasteiger partial charge >= 0.3 is 6.18 Å². The Morgan fingerprint density at radius 1 is 1.00 bits per heavy atom. The number of sulfonamides is 1. The molecule has 1 aliphatic heterocycles. The summed E-state index contributed by atoms with van der Waals surface area (Å²) in [6.45, 7) is 0.395. The molecule has 34 heavy (non-hydrogen) atoms. The van der Waals surface area contributed by atoms with E-state index in [2.05, 4.69) is 4.98 Å². The molecule has 1 fully saturated rings. The van der Waals surface area contributed by atoms with Gasteiger partial charge in [-0.25, -0.2) is 8.42 Å². The first-order valence-corrected chi connectivity index (χ1v) is 11.7. The molecule has 2 heterocycles. The Morgan fingerprint density at radius 2 is 1.71 bits per heavy atom. The molecule has 1 aliphatic rings. The molecule has 2 aromatic carbocycles. The first kappa shape index (κ1) is 23.5. The molecule has 1 saturated heterocycles. The molecule has 0 spiro atoms. The van der Waals surface area contributed by atoms with Gasteiger partial charge in [0.05, 0.1) is 10.5 Å². The van der Waals surface area contributed by atoms with Crippen LogP contribution in [0.1, 0.15) is 22.7 Å². The molecule has 3 aromatic rings. The van der Waals surface area contributed by atoms with E-state index in [0.717, 1.165) is 28.1 Å². The summed E-state index contributed by atoms with van der Waals surface area (Å²) in [5, 5.41) is 9.45. The predicted molar refractivity (Wildman–Crippen MR) is 119 cm³/mol. The quantitative estimate of drug-likeness (QED) is 0.534. The molecule has 0 saturated carbocycles. The molecule has 11 heteroatoms. The summed E-state index contributed by atoms with van der Waals surface area (Å²) >= 11 is 0. The van der Waals surface area contributed by atoms with Gasteiger partial charge < -0.3 is 9.32 Å². The number of aromatic nitrogens is 1. The van der Waals surface area contributed by atoms with Crippen LogP contribution in [-0.4, -0.2) is 43.9 Å². The van der Waals surface area contributed by atoms with E-state index in [-0.39, 0.29) is 43.6 Å². The number of benzene rings is 2. The van der Waals surface area contributed by atoms with Crippen LogP contribution in [0.4, 0.5) is 19.1 Å². The third-order valence-corrected chi connectivity index (χ3v) is 7.17. The van der Waals surface area contributed by atoms with E-state index in [1.807, 2.05) is 36.4 Å². The second-order valence-electron chi connectivity index (χ2n) is 7.48. The number of oxazole rings is 1. The van der Waals surface area contributed by atoms with Crippen LogP contribution in [0.3, 0.4) is 0 Å². The highest BCUT2D eigenvalue weighted by Gasteiger charge is 2.34. The molecule has 7 nitrogen and oxygen atoms in total. The number of rotatable bonds is 5. The molecular weight excluding hydrogens is 469 g/mol. The summed E-state index contributed by atoms with van der Waals surface area (Å²) in [4.78, 5) is 5.46. The molecule has 0 aliphatic carbocycles. The summed E-state index contributed by atoms with van der Waals surface area (Å²) in [5.74, 6) is 0.459. The molecular formula is C23H19F3N4O3S. The lowest BCUT2D eigenvalue weighted by Crippen LogP contribution is -2.48. The molecule has 0 bridgehead atoms. The van der Waals surface area contributed by atoms with Gasteiger partial charge in [0.2, 0.25) is 27.5 Å². The Balaban J connectivity index is 1.48. The van der Waals surface area contributed by atoms with Crippen molar-refractivity contribution in [2.45, 2.75) is 11.1 Å². The molecule has 4 rings (SSSR count). The van der Waals surface area contributed by atoms with Crippen molar-refractivity contribution in [2.75, 3.05) is 31.1 Å². The highest BCUT2D eigenvalue weighted by molar-refractivity contribution is 7.89. The van der Waals surface area contributed by atoms with Crippen LogP contribution in [0.2, 0.25) is 0 Å². The average Bonchev–Trinajstić information content (AvgIpc) is 3.26. The van der Waals surface area contributed by atoms with Crippen LogP contribution in [0.5, 0.6) is 0 Å². The maximum atomic E-state index is 13.0. The van der Waals surface area contributed by atoms with Gasteiger partial charge in [-0.1, -0.05) is 36.4 Å². The summed E-state index contributed by atoms with van der Waals surface area (Å²) in [7, 11) is -4.12. The van der Waals surface area contributed by atoms with E-state index in [9.17, 15) is 26.9 Å². The van der Waals surface area contributed by atoms with E-state index in [0.29, 0.717) is 6.07 Å². The van der Waals surface area contributed by atoms with Crippen molar-refractivity contribution in [3.8, 4) is 6.07 Å². The fourth-order valence-corrected chi connectivity index (χ4v) is 5.00. The van der Waals surface area contributed by atoms with Gasteiger partial charge in [0, 0.05) is 32.3 Å². The first-order chi connectivity index (χ1) is 16.2. The third-order valence-electron chi connectivity index (χ3n) is 5.27. The molecule has 0 amide bonds. The van der Waals surface area contributed by atoms with Gasteiger partial charge in [0.25, 0.3) is 0 Å². The van der Waals surface area contributed by atoms with Crippen LogP contribution < -0.4 is 4.90 Å². The number of hydrogen-bond acceptors (Lipinski definition) is 6. The number of hydrogen-bond donors (Lipinski definition) is 0. The van der Waals surface area contributed by atoms with E-state index in [4.69, 9.17) is 4.42 Å². The lowest BCUT2D eigenvalue weighted by Gasteiger charge is -2.33. The normalized spacial score (nSPS) is 15.5. The Hall–Kier alpha value is -3.62. The van der Waals surface area contributed by atoms with Crippen molar-refractivity contribution in [3.63, 3.8) is 0 Å². The number of nitrogens with zero attached hydrogens (tertiary/aromatic N) is 4. The van der Waals surface area contributed by atoms with Crippen molar-refractivity contribution in [3.05, 3.63) is 77.3 Å². The lowest BCUT2D eigenvalue weighted by atomic mass is 10.2. The molecule has 176 valence electrons. The fourth-order valence-electron chi connectivity index (χ4n) is 3.53. The molecule has 1 aromatic heterocycles. The molecule has 0 atom stereocenters. The van der Waals surface area contributed by atoms with Crippen molar-refractivity contribution in [1.29, 1.82) is 5.26 Å². The Bertz CT molecular complexity index is 1340. The van der Waals surface area contributed by atoms with Gasteiger partial charge in [0.15, 0.2) is 0 Å². The summed E-state index contributed by atoms with van der Waals surface area (Å²) in [5.41, 5.74) is -0.0281. The predicted octanol–water partition coefficient (Wildman–Crippen LogP) is 4.25. The minimum atomic E-state index is -4.64. The third kappa shape index (κ3) is 4.98. The summed E-state index contributed by atoms with van der Waals surface area (Å²) < 4.78 is 71.7. The van der Waals surface area contributed by atoms with Crippen LogP contribution in [0.15, 0.2) is 63.9 Å². The number of anilines is 1. The zero-order valence-corrected chi connectivity index (χ0v) is 18.6. The van der Waals surface area contributed by atoms with Crippen molar-refractivity contribution >= 4 is 28.1 Å². The van der Waals surface area contributed by atoms with Gasteiger partial charge in [-0.3, -0.25) is 0 Å². The minimum absolute atomic E-state index is 0.0132. The Labute approximate surface area is 194 Å². The Kier molecular flexibility index (Phi) is 6.45. The zero-order chi connectivity index (χ0) is 24.3. The summed E-state index contributed by atoms with van der Waals surface area (Å²) in [6, 6.07) is 15.1. The van der Waals surface area contributed by atoms with E-state index in [1.54, 1.807) is 17.1 Å². The van der Waals surface area contributed by atoms with Crippen molar-refractivity contribution < 1.29 is 26.0 Å². The number of halogens is 3. The maximum Gasteiger partial charge on any atom is 0.416 e. The van der Waals surface area contributed by atoms with Gasteiger partial charge in [-0.2, -0.15) is 27.7 Å². The number of piperazine rings is 1. The largest absolute Gasteiger partial charge is 0.420 e. The van der Waals surface area contributed by atoms with Crippen molar-refractivity contribution in [2.24, 2.45) is 0 Å². The SMILES string of the molecule is N#Cc1nc(/C=C/c2ccccc2)oc1N1CCN(S(=O)(=O)c2cccc(C(F)(F)F)c2)CC1. The van der Waals surface area contributed by atoms with Gasteiger partial charge in [0.1, 0.15) is 6.07 Å². The average molecular weight is 488 g/mol. The van der Waals surface area contributed by atoms with Crippen LogP contribution in [-0.2, 0) is 16.2 Å². The fraction of sp³-hybridized carbons (Fsp3) is 0.217. The summed E-state index contributed by atoms with van der Waals surface area (Å²) in [6.07, 6.45) is -1.22. The van der Waals surface area contributed by atoms with Crippen LogP contribution in [0.25, 0.3) is 12.2 Å². The minimum Gasteiger partial charge on any atom is -0.420 e. The molecule has 0 radical (unpaired) electrons. The topological polar surface area (TPSA) is 90.4 Å². The lowest BCUT2D eigenvalue weighted by molar-refractivity contribution is -0.137. The number of nitriles is 1. The highest BCUT2D eigenvalue weighted by Crippen LogP contribution is 2.32. The second-order valence-corrected chi connectivity index (χ2v) is 9.42. The zero-order valence-electron chi connectivity index (χ0n) is 17.7. The van der Waals surface area contributed by atoms with Crippen LogP contribution >= 0.6 is 0 Å². The van der Waals surface area contributed by atoms with Crippen LogP contribution in [0, 0.1) is 11.3 Å². The highest BCUT2D eigenvalue weighted by atomic mass is 32.2. The van der Waals surface area contributed by atoms with Gasteiger partial charge in [-0.05, 0) is 29.8 Å². The maximum absolute atomic E-state index is 13.0. The first-order valence-electron chi connectivity index (χ1n) is 10.2. The van der Waals surface area contributed by atoms with E-state index < -0.39 is 26.7 Å². The Morgan fingerprint density at radius 3 is 2.35 bits per heavy atom. The van der Waals surface area contributed by atoms with Crippen molar-refractivity contribution in [1.82, 2.24) is 9.29 Å². The molecule has 0 unspecified atom stereocenters.